The molecule has 17 heteroatoms. The van der Waals surface area contributed by atoms with E-state index < -0.39 is 0 Å². The Morgan fingerprint density at radius 1 is 0.921 bits per heavy atom. The lowest BCUT2D eigenvalue weighted by molar-refractivity contribution is 0.942. The van der Waals surface area contributed by atoms with Gasteiger partial charge in [0.2, 0.25) is 0 Å². The predicted molar refractivity (Wildman–Crippen MR) is 176 cm³/mol. The molecule has 0 bridgehead atoms. The average molecular weight is 580 g/mol. The lowest BCUT2D eigenvalue weighted by Gasteiger charge is -1.90. The maximum Gasteiger partial charge on any atom is 0.191 e. The summed E-state index contributed by atoms with van der Waals surface area (Å²) in [4.78, 5) is 18.5. The fourth-order valence-electron chi connectivity index (χ4n) is 1.17. The number of hydrogen-bond donors (Lipinski definition) is 10. The third-order valence-corrected chi connectivity index (χ3v) is 4.68. The summed E-state index contributed by atoms with van der Waals surface area (Å²) >= 11 is 3.23. The molecule has 2 saturated heterocycles. The van der Waals surface area contributed by atoms with Crippen LogP contribution < -0.4 is 44.6 Å². The minimum Gasteiger partial charge on any atom is -0.390 e. The topological polar surface area (TPSA) is 276 Å². The summed E-state index contributed by atoms with van der Waals surface area (Å²) in [5.74, 6) is 3.14. The van der Waals surface area contributed by atoms with Gasteiger partial charge in [0, 0.05) is 67.0 Å². The Labute approximate surface area is 238 Å². The molecular formula is C21H53N15S2. The van der Waals surface area contributed by atoms with Gasteiger partial charge in [0.1, 0.15) is 0 Å². The lowest BCUT2D eigenvalue weighted by atomic mass is 10.5. The fourth-order valence-corrected chi connectivity index (χ4v) is 2.09. The highest BCUT2D eigenvalue weighted by atomic mass is 32.2. The highest BCUT2D eigenvalue weighted by molar-refractivity contribution is 8.14. The second-order valence-corrected chi connectivity index (χ2v) is 8.24. The molecule has 15 N–H and O–H groups in total. The second kappa shape index (κ2) is 38.3. The first kappa shape index (κ1) is 44.8. The van der Waals surface area contributed by atoms with Crippen LogP contribution in [0.3, 0.4) is 0 Å². The van der Waals surface area contributed by atoms with Crippen molar-refractivity contribution in [2.24, 2.45) is 53.6 Å². The van der Waals surface area contributed by atoms with Gasteiger partial charge in [-0.15, -0.1) is 0 Å². The third-order valence-electron chi connectivity index (χ3n) is 3.07. The van der Waals surface area contributed by atoms with E-state index in [4.69, 9.17) is 39.5 Å². The zero-order valence-electron chi connectivity index (χ0n) is 24.6. The van der Waals surface area contributed by atoms with Crippen molar-refractivity contribution in [1.82, 2.24) is 16.0 Å². The van der Waals surface area contributed by atoms with Crippen LogP contribution in [-0.4, -0.2) is 107 Å². The van der Waals surface area contributed by atoms with E-state index in [0.717, 1.165) is 30.8 Å². The monoisotopic (exact) mass is 579 g/mol. The van der Waals surface area contributed by atoms with Crippen LogP contribution in [0.2, 0.25) is 0 Å². The molecule has 2 heterocycles. The van der Waals surface area contributed by atoms with Crippen LogP contribution in [0, 0.1) is 10.8 Å². The van der Waals surface area contributed by atoms with Crippen molar-refractivity contribution < 1.29 is 0 Å². The van der Waals surface area contributed by atoms with Crippen molar-refractivity contribution >= 4 is 63.7 Å². The molecule has 2 fully saturated rings. The third kappa shape index (κ3) is 58.6. The average Bonchev–Trinajstić information content (AvgIpc) is 3.64. The smallest absolute Gasteiger partial charge is 0.191 e. The Morgan fingerprint density at radius 2 is 1.34 bits per heavy atom. The van der Waals surface area contributed by atoms with Crippen molar-refractivity contribution in [3.05, 3.63) is 0 Å². The van der Waals surface area contributed by atoms with Gasteiger partial charge in [0.05, 0.1) is 23.8 Å². The molecule has 0 saturated carbocycles. The molecule has 2 aliphatic heterocycles. The molecule has 15 nitrogen and oxygen atoms in total. The second-order valence-electron chi connectivity index (χ2n) is 6.33. The summed E-state index contributed by atoms with van der Waals surface area (Å²) in [5.41, 5.74) is 24.5. The number of nitrogens with two attached hydrogens (primary N) is 5. The van der Waals surface area contributed by atoms with Gasteiger partial charge in [-0.25, -0.2) is 0 Å². The molecule has 0 atom stereocenters. The van der Waals surface area contributed by atoms with Gasteiger partial charge >= 0.3 is 0 Å². The molecule has 0 aromatic carbocycles. The van der Waals surface area contributed by atoms with Crippen molar-refractivity contribution in [1.29, 1.82) is 10.8 Å². The number of nitrogens with one attached hydrogen (secondary N) is 5. The summed E-state index contributed by atoms with van der Waals surface area (Å²) < 4.78 is 0. The van der Waals surface area contributed by atoms with Crippen LogP contribution in [0.15, 0.2) is 25.0 Å². The van der Waals surface area contributed by atoms with E-state index >= 15 is 0 Å². The maximum atomic E-state index is 6.52. The molecule has 0 radical (unpaired) electrons. The first-order chi connectivity index (χ1) is 17.9. The van der Waals surface area contributed by atoms with Gasteiger partial charge < -0.3 is 44.6 Å². The normalized spacial score (nSPS) is 14.1. The number of rotatable bonds is 1. The Kier molecular flexibility index (Phi) is 45.1. The van der Waals surface area contributed by atoms with E-state index in [1.807, 2.05) is 13.2 Å². The number of thioether (sulfide) groups is 2. The fraction of sp³-hybridized carbons (Fsp3) is 0.667. The Hall–Kier alpha value is -3.21. The van der Waals surface area contributed by atoms with Crippen molar-refractivity contribution in [3.63, 3.8) is 0 Å². The zero-order valence-corrected chi connectivity index (χ0v) is 26.2. The number of hydrogen-bond acceptors (Lipinski definition) is 9. The van der Waals surface area contributed by atoms with E-state index in [1.54, 1.807) is 53.9 Å². The molecule has 0 unspecified atom stereocenters. The molecule has 0 aromatic heterocycles. The van der Waals surface area contributed by atoms with E-state index in [9.17, 15) is 0 Å². The Bertz CT molecular complexity index is 653. The first-order valence-corrected chi connectivity index (χ1v) is 13.6. The molecule has 38 heavy (non-hydrogen) atoms. The summed E-state index contributed by atoms with van der Waals surface area (Å²) in [6.45, 7) is 8.22. The quantitative estimate of drug-likeness (QED) is 0.142. The molecule has 0 amide bonds. The van der Waals surface area contributed by atoms with E-state index in [-0.39, 0.29) is 11.7 Å². The van der Waals surface area contributed by atoms with E-state index in [2.05, 4.69) is 40.9 Å². The summed E-state index contributed by atoms with van der Waals surface area (Å²) in [6.07, 6.45) is 3.81. The summed E-state index contributed by atoms with van der Waals surface area (Å²) in [7, 11) is 8.53. The van der Waals surface area contributed by atoms with E-state index in [0.29, 0.717) is 17.4 Å². The molecular weight excluding hydrogens is 526 g/mol. The standard InChI is InChI=1S/C4H9N3.C4H8N2S.C3H8N2S.2C3H8N2.2C2H6N2/c2*1-5-4-6-2-3-7-4;1-5-3(4)6-2;1-3(4)5-2;1-2-3(4)5;1-4-2-3;1-2(3)4/h2-3H2,1H3,(H2,5,6,7);2-3H2,1H3,(H,5,6);1-2H3,(H2,4,5);1-2H3,(H2,4,5);2H2,1H3,(H3,4,5);2H,1H3,(H2,3,4);1H3,(H3,3,4). The maximum absolute atomic E-state index is 6.52. The Balaban J connectivity index is -0.000000113. The molecule has 2 aliphatic rings. The zero-order chi connectivity index (χ0) is 30.8. The summed E-state index contributed by atoms with van der Waals surface area (Å²) in [6, 6.07) is 0. The lowest BCUT2D eigenvalue weighted by Crippen LogP contribution is -2.23. The van der Waals surface area contributed by atoms with Gasteiger partial charge in [-0.3, -0.25) is 35.8 Å². The van der Waals surface area contributed by atoms with Gasteiger partial charge in [-0.2, -0.15) is 0 Å². The molecule has 224 valence electrons. The number of amidine groups is 5. The minimum absolute atomic E-state index is 0.167. The predicted octanol–water partition coefficient (Wildman–Crippen LogP) is -0.361. The first-order valence-electron chi connectivity index (χ1n) is 11.4. The number of guanidine groups is 1. The van der Waals surface area contributed by atoms with Crippen LogP contribution in [0.4, 0.5) is 0 Å². The highest BCUT2D eigenvalue weighted by Gasteiger charge is 2.03. The largest absolute Gasteiger partial charge is 0.390 e. The van der Waals surface area contributed by atoms with Crippen LogP contribution in [0.1, 0.15) is 27.2 Å². The van der Waals surface area contributed by atoms with E-state index in [1.165, 1.54) is 30.8 Å². The van der Waals surface area contributed by atoms with Crippen molar-refractivity contribution in [3.8, 4) is 0 Å². The van der Waals surface area contributed by atoms with Crippen LogP contribution in [-0.2, 0) is 0 Å². The van der Waals surface area contributed by atoms with Crippen LogP contribution >= 0.6 is 23.5 Å². The number of aliphatic imine (C=N–C) groups is 5. The number of nitrogens with zero attached hydrogens (tertiary/aromatic N) is 5. The van der Waals surface area contributed by atoms with Gasteiger partial charge in [-0.1, -0.05) is 30.4 Å². The molecule has 0 aliphatic carbocycles. The Morgan fingerprint density at radius 3 is 1.45 bits per heavy atom. The SMILES string of the molecule is CC(=N)N.CCC(=N)N.CN=C(C)N.CN=C(N)SC.CN=C1NCCN1.CN=C1NCCS1.CN=CN. The van der Waals surface area contributed by atoms with Gasteiger partial charge in [0.15, 0.2) is 16.3 Å². The highest BCUT2D eigenvalue weighted by Crippen LogP contribution is 2.05. The van der Waals surface area contributed by atoms with Crippen molar-refractivity contribution in [2.45, 2.75) is 27.2 Å². The van der Waals surface area contributed by atoms with Crippen molar-refractivity contribution in [2.75, 3.05) is 66.9 Å². The molecule has 0 aromatic rings. The minimum atomic E-state index is 0.167. The van der Waals surface area contributed by atoms with Crippen LogP contribution in [0.25, 0.3) is 0 Å². The van der Waals surface area contributed by atoms with Gasteiger partial charge in [-0.05, 0) is 20.1 Å². The van der Waals surface area contributed by atoms with Crippen LogP contribution in [0.5, 0.6) is 0 Å². The molecule has 0 spiro atoms. The summed E-state index contributed by atoms with van der Waals surface area (Å²) in [5, 5.41) is 23.7. The molecule has 2 rings (SSSR count). The van der Waals surface area contributed by atoms with Gasteiger partial charge in [0.25, 0.3) is 0 Å².